The minimum absolute atomic E-state index is 0.155. The average molecular weight is 310 g/mol. The first kappa shape index (κ1) is 19.3. The fourth-order valence-electron chi connectivity index (χ4n) is 1.80. The predicted molar refractivity (Wildman–Crippen MR) is 76.8 cm³/mol. The lowest BCUT2D eigenvalue weighted by atomic mass is 10.0. The normalized spacial score (nSPS) is 13.5. The molecule has 8 heteroatoms. The Kier molecular flexibility index (Phi) is 8.95. The summed E-state index contributed by atoms with van der Waals surface area (Å²) < 4.78 is 30.0. The van der Waals surface area contributed by atoms with Crippen molar-refractivity contribution in [1.29, 1.82) is 0 Å². The van der Waals surface area contributed by atoms with Crippen LogP contribution in [0.3, 0.4) is 0 Å². The Morgan fingerprint density at radius 3 is 2.35 bits per heavy atom. The van der Waals surface area contributed by atoms with Crippen LogP contribution in [0, 0.1) is 5.92 Å². The Hall–Kier alpha value is -0.700. The Bertz CT molecular complexity index is 383. The quantitative estimate of drug-likeness (QED) is 0.563. The first-order valence-corrected chi connectivity index (χ1v) is 8.46. The third kappa shape index (κ3) is 8.47. The minimum atomic E-state index is -3.47. The molecule has 1 unspecified atom stereocenters. The monoisotopic (exact) mass is 310 g/mol. The molecule has 0 radical (unpaired) electrons. The van der Waals surface area contributed by atoms with Gasteiger partial charge in [0.2, 0.25) is 15.9 Å². The van der Waals surface area contributed by atoms with E-state index in [4.69, 9.17) is 9.84 Å². The van der Waals surface area contributed by atoms with Gasteiger partial charge < -0.3 is 14.7 Å². The lowest BCUT2D eigenvalue weighted by Crippen LogP contribution is -2.50. The highest BCUT2D eigenvalue weighted by molar-refractivity contribution is 7.88. The van der Waals surface area contributed by atoms with Gasteiger partial charge in [-0.25, -0.2) is 13.1 Å². The number of carbonyl (C=O) groups excluding carboxylic acids is 1. The van der Waals surface area contributed by atoms with Gasteiger partial charge >= 0.3 is 0 Å². The van der Waals surface area contributed by atoms with Crippen molar-refractivity contribution in [2.24, 2.45) is 5.92 Å². The zero-order chi connectivity index (χ0) is 15.8. The summed E-state index contributed by atoms with van der Waals surface area (Å²) in [6.07, 6.45) is 1.43. The fraction of sp³-hybridized carbons (Fsp3) is 0.917. The number of ether oxygens (including phenoxy) is 1. The van der Waals surface area contributed by atoms with E-state index in [9.17, 15) is 13.2 Å². The summed E-state index contributed by atoms with van der Waals surface area (Å²) in [6, 6.07) is -0.812. The number of hydrogen-bond donors (Lipinski definition) is 2. The third-order valence-electron chi connectivity index (χ3n) is 2.61. The number of nitrogens with zero attached hydrogens (tertiary/aromatic N) is 1. The van der Waals surface area contributed by atoms with Crippen molar-refractivity contribution >= 4 is 15.9 Å². The summed E-state index contributed by atoms with van der Waals surface area (Å²) in [7, 11) is -1.96. The fourth-order valence-corrected chi connectivity index (χ4v) is 2.52. The zero-order valence-electron chi connectivity index (χ0n) is 12.6. The summed E-state index contributed by atoms with van der Waals surface area (Å²) >= 11 is 0. The highest BCUT2D eigenvalue weighted by atomic mass is 32.2. The first-order chi connectivity index (χ1) is 9.21. The molecule has 0 heterocycles. The summed E-state index contributed by atoms with van der Waals surface area (Å²) in [5.74, 6) is -0.174. The predicted octanol–water partition coefficient (Wildman–Crippen LogP) is -0.582. The largest absolute Gasteiger partial charge is 0.395 e. The van der Waals surface area contributed by atoms with Crippen LogP contribution in [-0.4, -0.2) is 70.0 Å². The number of aliphatic hydroxyl groups excluding tert-OH is 1. The van der Waals surface area contributed by atoms with Gasteiger partial charge in [-0.1, -0.05) is 13.8 Å². The highest BCUT2D eigenvalue weighted by Gasteiger charge is 2.27. The van der Waals surface area contributed by atoms with Crippen LogP contribution >= 0.6 is 0 Å². The van der Waals surface area contributed by atoms with Crippen LogP contribution in [0.15, 0.2) is 0 Å². The van der Waals surface area contributed by atoms with E-state index in [1.54, 1.807) is 0 Å². The Labute approximate surface area is 121 Å². The van der Waals surface area contributed by atoms with Gasteiger partial charge in [-0.2, -0.15) is 0 Å². The van der Waals surface area contributed by atoms with Crippen molar-refractivity contribution in [2.75, 3.05) is 39.7 Å². The van der Waals surface area contributed by atoms with E-state index < -0.39 is 16.1 Å². The van der Waals surface area contributed by atoms with Crippen molar-refractivity contribution in [3.63, 3.8) is 0 Å². The Morgan fingerprint density at radius 2 is 1.95 bits per heavy atom. The summed E-state index contributed by atoms with van der Waals surface area (Å²) in [5, 5.41) is 9.01. The van der Waals surface area contributed by atoms with E-state index >= 15 is 0 Å². The van der Waals surface area contributed by atoms with Crippen LogP contribution in [-0.2, 0) is 19.6 Å². The van der Waals surface area contributed by atoms with E-state index in [1.807, 2.05) is 13.8 Å². The summed E-state index contributed by atoms with van der Waals surface area (Å²) in [4.78, 5) is 13.8. The highest BCUT2D eigenvalue weighted by Crippen LogP contribution is 2.09. The topological polar surface area (TPSA) is 95.9 Å². The van der Waals surface area contributed by atoms with E-state index in [2.05, 4.69) is 4.72 Å². The molecule has 0 aliphatic rings. The molecular weight excluding hydrogens is 284 g/mol. The first-order valence-electron chi connectivity index (χ1n) is 6.57. The van der Waals surface area contributed by atoms with E-state index in [0.29, 0.717) is 19.6 Å². The molecule has 0 spiro atoms. The van der Waals surface area contributed by atoms with Crippen LogP contribution < -0.4 is 4.72 Å². The van der Waals surface area contributed by atoms with Crippen molar-refractivity contribution in [1.82, 2.24) is 9.62 Å². The molecule has 120 valence electrons. The van der Waals surface area contributed by atoms with Crippen molar-refractivity contribution in [2.45, 2.75) is 26.3 Å². The number of methoxy groups -OCH3 is 1. The molecule has 2 N–H and O–H groups in total. The van der Waals surface area contributed by atoms with Gasteiger partial charge in [-0.05, 0) is 12.3 Å². The lowest BCUT2D eigenvalue weighted by Gasteiger charge is -2.27. The molecule has 0 aliphatic carbocycles. The van der Waals surface area contributed by atoms with Gasteiger partial charge in [-0.3, -0.25) is 4.79 Å². The standard InChI is InChI=1S/C12H26N2O5S/c1-10(2)9-11(13-20(4,17)18)12(16)14(5-7-15)6-8-19-3/h10-11,13,15H,5-9H2,1-4H3. The van der Waals surface area contributed by atoms with Gasteiger partial charge in [0.1, 0.15) is 6.04 Å². The van der Waals surface area contributed by atoms with Crippen molar-refractivity contribution in [3.8, 4) is 0 Å². The molecule has 0 fully saturated rings. The second-order valence-electron chi connectivity index (χ2n) is 5.11. The zero-order valence-corrected chi connectivity index (χ0v) is 13.4. The molecule has 0 aromatic rings. The molecule has 0 aromatic heterocycles. The van der Waals surface area contributed by atoms with Crippen LogP contribution in [0.25, 0.3) is 0 Å². The second-order valence-corrected chi connectivity index (χ2v) is 6.89. The van der Waals surface area contributed by atoms with Gasteiger partial charge in [0, 0.05) is 20.2 Å². The van der Waals surface area contributed by atoms with E-state index in [1.165, 1.54) is 12.0 Å². The molecule has 0 rings (SSSR count). The van der Waals surface area contributed by atoms with E-state index in [-0.39, 0.29) is 25.0 Å². The number of sulfonamides is 1. The smallest absolute Gasteiger partial charge is 0.240 e. The number of aliphatic hydroxyl groups is 1. The summed E-state index contributed by atoms with van der Waals surface area (Å²) in [6.45, 7) is 4.45. The number of hydrogen-bond acceptors (Lipinski definition) is 5. The number of amides is 1. The third-order valence-corrected chi connectivity index (χ3v) is 3.32. The molecular formula is C12H26N2O5S. The maximum atomic E-state index is 12.4. The molecule has 0 saturated carbocycles. The molecule has 7 nitrogen and oxygen atoms in total. The maximum Gasteiger partial charge on any atom is 0.240 e. The van der Waals surface area contributed by atoms with Crippen LogP contribution in [0.2, 0.25) is 0 Å². The Balaban J connectivity index is 4.94. The lowest BCUT2D eigenvalue weighted by molar-refractivity contribution is -0.134. The van der Waals surface area contributed by atoms with E-state index in [0.717, 1.165) is 6.26 Å². The Morgan fingerprint density at radius 1 is 1.35 bits per heavy atom. The number of nitrogens with one attached hydrogen (secondary N) is 1. The van der Waals surface area contributed by atoms with Crippen LogP contribution in [0.4, 0.5) is 0 Å². The number of carbonyl (C=O) groups is 1. The van der Waals surface area contributed by atoms with Gasteiger partial charge in [0.05, 0.1) is 19.5 Å². The van der Waals surface area contributed by atoms with Crippen molar-refractivity contribution in [3.05, 3.63) is 0 Å². The molecule has 0 bridgehead atoms. The molecule has 0 aliphatic heterocycles. The van der Waals surface area contributed by atoms with Gasteiger partial charge in [0.15, 0.2) is 0 Å². The average Bonchev–Trinajstić information content (AvgIpc) is 2.30. The van der Waals surface area contributed by atoms with Gasteiger partial charge in [0.25, 0.3) is 0 Å². The molecule has 0 saturated heterocycles. The maximum absolute atomic E-state index is 12.4. The summed E-state index contributed by atoms with van der Waals surface area (Å²) in [5.41, 5.74) is 0. The van der Waals surface area contributed by atoms with Crippen molar-refractivity contribution < 1.29 is 23.1 Å². The van der Waals surface area contributed by atoms with Gasteiger partial charge in [-0.15, -0.1) is 0 Å². The van der Waals surface area contributed by atoms with Crippen LogP contribution in [0.1, 0.15) is 20.3 Å². The minimum Gasteiger partial charge on any atom is -0.395 e. The van der Waals surface area contributed by atoms with Crippen LogP contribution in [0.5, 0.6) is 0 Å². The number of rotatable bonds is 10. The SMILES string of the molecule is COCCN(CCO)C(=O)C(CC(C)C)NS(C)(=O)=O. The molecule has 1 amide bonds. The molecule has 20 heavy (non-hydrogen) atoms. The second kappa shape index (κ2) is 9.28. The molecule has 1 atom stereocenters. The molecule has 0 aromatic carbocycles.